The van der Waals surface area contributed by atoms with Crippen LogP contribution in [0.15, 0.2) is 47.3 Å². The second-order valence-electron chi connectivity index (χ2n) is 5.48. The number of imidazole rings is 1. The molecule has 0 saturated heterocycles. The van der Waals surface area contributed by atoms with E-state index in [-0.39, 0.29) is 11.6 Å². The summed E-state index contributed by atoms with van der Waals surface area (Å²) < 4.78 is 0. The van der Waals surface area contributed by atoms with Crippen LogP contribution in [0.1, 0.15) is 24.2 Å². The number of H-pyrrole nitrogens is 2. The van der Waals surface area contributed by atoms with Gasteiger partial charge in [-0.05, 0) is 50.2 Å². The van der Waals surface area contributed by atoms with E-state index >= 15 is 0 Å². The maximum atomic E-state index is 12.5. The highest BCUT2D eigenvalue weighted by atomic mass is 16.2. The Kier molecular flexibility index (Phi) is 4.37. The number of carbonyl (C=O) groups excluding carboxylic acids is 1. The zero-order valence-corrected chi connectivity index (χ0v) is 13.7. The van der Waals surface area contributed by atoms with E-state index in [0.29, 0.717) is 22.3 Å². The van der Waals surface area contributed by atoms with Gasteiger partial charge in [0.25, 0.3) is 5.91 Å². The van der Waals surface area contributed by atoms with E-state index in [1.165, 1.54) is 0 Å². The molecule has 0 saturated carbocycles. The Morgan fingerprint density at radius 2 is 1.75 bits per heavy atom. The van der Waals surface area contributed by atoms with Crippen LogP contribution in [0.3, 0.4) is 0 Å². The minimum absolute atomic E-state index is 0.258. The fourth-order valence-corrected chi connectivity index (χ4v) is 2.79. The highest BCUT2D eigenvalue weighted by Gasteiger charge is 2.12. The van der Waals surface area contributed by atoms with E-state index in [2.05, 4.69) is 34.0 Å². The number of anilines is 2. The number of amides is 1. The van der Waals surface area contributed by atoms with Crippen molar-refractivity contribution in [2.75, 3.05) is 23.3 Å². The predicted octanol–water partition coefficient (Wildman–Crippen LogP) is 2.95. The second kappa shape index (κ2) is 6.62. The maximum absolute atomic E-state index is 12.5. The smallest absolute Gasteiger partial charge is 0.323 e. The van der Waals surface area contributed by atoms with Crippen LogP contribution in [0.4, 0.5) is 11.4 Å². The van der Waals surface area contributed by atoms with Gasteiger partial charge in [-0.25, -0.2) is 4.79 Å². The maximum Gasteiger partial charge on any atom is 0.323 e. The lowest BCUT2D eigenvalue weighted by Crippen LogP contribution is -2.21. The van der Waals surface area contributed by atoms with Gasteiger partial charge in [0.1, 0.15) is 0 Å². The number of para-hydroxylation sites is 1. The molecule has 0 unspecified atom stereocenters. The first-order valence-electron chi connectivity index (χ1n) is 7.99. The molecule has 0 atom stereocenters. The third kappa shape index (κ3) is 3.03. The number of fused-ring (bicyclic) bond motifs is 1. The number of rotatable bonds is 5. The van der Waals surface area contributed by atoms with Crippen LogP contribution < -0.4 is 15.9 Å². The summed E-state index contributed by atoms with van der Waals surface area (Å²) in [5, 5.41) is 2.87. The van der Waals surface area contributed by atoms with Crippen LogP contribution >= 0.6 is 0 Å². The first-order valence-corrected chi connectivity index (χ1v) is 7.99. The average Bonchev–Trinajstić information content (AvgIpc) is 2.97. The van der Waals surface area contributed by atoms with Crippen molar-refractivity contribution in [3.8, 4) is 0 Å². The van der Waals surface area contributed by atoms with Crippen LogP contribution in [0, 0.1) is 0 Å². The number of nitrogens with one attached hydrogen (secondary N) is 3. The number of benzene rings is 2. The summed E-state index contributed by atoms with van der Waals surface area (Å²) in [5.74, 6) is -0.258. The van der Waals surface area contributed by atoms with Gasteiger partial charge < -0.3 is 20.2 Å². The molecule has 0 radical (unpaired) electrons. The van der Waals surface area contributed by atoms with Gasteiger partial charge in [0.05, 0.1) is 16.6 Å². The van der Waals surface area contributed by atoms with Crippen LogP contribution in [0.25, 0.3) is 11.0 Å². The zero-order valence-electron chi connectivity index (χ0n) is 13.7. The van der Waals surface area contributed by atoms with Crippen LogP contribution in [0.5, 0.6) is 0 Å². The summed E-state index contributed by atoms with van der Waals surface area (Å²) in [4.78, 5) is 31.5. The molecule has 0 bridgehead atoms. The number of nitrogens with zero attached hydrogens (tertiary/aromatic N) is 1. The van der Waals surface area contributed by atoms with E-state index in [1.807, 2.05) is 24.3 Å². The Hall–Kier alpha value is -3.02. The molecule has 24 heavy (non-hydrogen) atoms. The number of aromatic nitrogens is 2. The molecule has 1 heterocycles. The van der Waals surface area contributed by atoms with Crippen molar-refractivity contribution < 1.29 is 4.79 Å². The molecule has 1 amide bonds. The number of carbonyl (C=O) groups is 1. The van der Waals surface area contributed by atoms with Gasteiger partial charge in [0.15, 0.2) is 0 Å². The van der Waals surface area contributed by atoms with Gasteiger partial charge >= 0.3 is 5.69 Å². The molecule has 1 aromatic heterocycles. The minimum Gasteiger partial charge on any atom is -0.372 e. The van der Waals surface area contributed by atoms with Gasteiger partial charge in [0.2, 0.25) is 0 Å². The topological polar surface area (TPSA) is 81.0 Å². The molecule has 0 aliphatic heterocycles. The standard InChI is InChI=1S/C18H20N4O2/c1-3-22(4-2)13-10-8-12(9-11-13)19-17(23)14-6-5-7-15-16(14)21-18(24)20-15/h5-11H,3-4H2,1-2H3,(H,19,23)(H2,20,21,24). The van der Waals surface area contributed by atoms with Gasteiger partial charge in [-0.2, -0.15) is 0 Å². The summed E-state index contributed by atoms with van der Waals surface area (Å²) in [7, 11) is 0. The van der Waals surface area contributed by atoms with Crippen LogP contribution in [-0.4, -0.2) is 29.0 Å². The van der Waals surface area contributed by atoms with Crippen molar-refractivity contribution in [3.05, 3.63) is 58.5 Å². The second-order valence-corrected chi connectivity index (χ2v) is 5.48. The third-order valence-corrected chi connectivity index (χ3v) is 4.05. The largest absolute Gasteiger partial charge is 0.372 e. The molecule has 0 spiro atoms. The summed E-state index contributed by atoms with van der Waals surface area (Å²) in [6, 6.07) is 12.9. The Balaban J connectivity index is 1.82. The van der Waals surface area contributed by atoms with E-state index < -0.39 is 0 Å². The highest BCUT2D eigenvalue weighted by molar-refractivity contribution is 6.11. The van der Waals surface area contributed by atoms with Gasteiger partial charge in [0, 0.05) is 24.5 Å². The van der Waals surface area contributed by atoms with Crippen molar-refractivity contribution in [1.29, 1.82) is 0 Å². The Morgan fingerprint density at radius 1 is 1.04 bits per heavy atom. The summed E-state index contributed by atoms with van der Waals surface area (Å²) >= 11 is 0. The molecule has 3 N–H and O–H groups in total. The van der Waals surface area contributed by atoms with E-state index in [0.717, 1.165) is 18.8 Å². The molecule has 0 aliphatic rings. The van der Waals surface area contributed by atoms with Gasteiger partial charge in [-0.15, -0.1) is 0 Å². The molecule has 6 nitrogen and oxygen atoms in total. The first-order chi connectivity index (χ1) is 11.6. The monoisotopic (exact) mass is 324 g/mol. The van der Waals surface area contributed by atoms with E-state index in [4.69, 9.17) is 0 Å². The lowest BCUT2D eigenvalue weighted by Gasteiger charge is -2.21. The third-order valence-electron chi connectivity index (χ3n) is 4.05. The Morgan fingerprint density at radius 3 is 2.42 bits per heavy atom. The number of hydrogen-bond donors (Lipinski definition) is 3. The normalized spacial score (nSPS) is 10.8. The Bertz CT molecular complexity index is 905. The van der Waals surface area contributed by atoms with E-state index in [9.17, 15) is 9.59 Å². The first kappa shape index (κ1) is 15.9. The molecule has 2 aromatic carbocycles. The highest BCUT2D eigenvalue weighted by Crippen LogP contribution is 2.19. The summed E-state index contributed by atoms with van der Waals surface area (Å²) in [6.07, 6.45) is 0. The average molecular weight is 324 g/mol. The quantitative estimate of drug-likeness (QED) is 0.675. The predicted molar refractivity (Wildman–Crippen MR) is 96.9 cm³/mol. The molecule has 124 valence electrons. The van der Waals surface area contributed by atoms with Crippen LogP contribution in [0.2, 0.25) is 0 Å². The summed E-state index contributed by atoms with van der Waals surface area (Å²) in [6.45, 7) is 6.09. The number of hydrogen-bond acceptors (Lipinski definition) is 3. The van der Waals surface area contributed by atoms with Crippen molar-refractivity contribution in [1.82, 2.24) is 9.97 Å². The molecule has 6 heteroatoms. The number of aromatic amines is 2. The molecular weight excluding hydrogens is 304 g/mol. The summed E-state index contributed by atoms with van der Waals surface area (Å²) in [5.41, 5.74) is 3.07. The SMILES string of the molecule is CCN(CC)c1ccc(NC(=O)c2cccc3[nH]c(=O)[nH]c23)cc1. The van der Waals surface area contributed by atoms with Gasteiger partial charge in [-0.3, -0.25) is 4.79 Å². The van der Waals surface area contributed by atoms with Gasteiger partial charge in [-0.1, -0.05) is 6.07 Å². The minimum atomic E-state index is -0.325. The Labute approximate surface area is 139 Å². The lowest BCUT2D eigenvalue weighted by molar-refractivity contribution is 0.102. The van der Waals surface area contributed by atoms with Crippen molar-refractivity contribution in [3.63, 3.8) is 0 Å². The van der Waals surface area contributed by atoms with Crippen molar-refractivity contribution in [2.24, 2.45) is 0 Å². The van der Waals surface area contributed by atoms with E-state index in [1.54, 1.807) is 18.2 Å². The molecule has 3 rings (SSSR count). The lowest BCUT2D eigenvalue weighted by atomic mass is 10.1. The molecule has 0 aliphatic carbocycles. The molecule has 3 aromatic rings. The van der Waals surface area contributed by atoms with Crippen LogP contribution in [-0.2, 0) is 0 Å². The fraction of sp³-hybridized carbons (Fsp3) is 0.222. The fourth-order valence-electron chi connectivity index (χ4n) is 2.79. The van der Waals surface area contributed by atoms with Crippen molar-refractivity contribution in [2.45, 2.75) is 13.8 Å². The zero-order chi connectivity index (χ0) is 17.1. The molecule has 0 fully saturated rings. The molecular formula is C18H20N4O2. The van der Waals surface area contributed by atoms with Crippen molar-refractivity contribution >= 4 is 28.3 Å².